The van der Waals surface area contributed by atoms with Gasteiger partial charge in [0.1, 0.15) is 0 Å². The van der Waals surface area contributed by atoms with Crippen LogP contribution in [0.1, 0.15) is 48.9 Å². The fraction of sp³-hybridized carbons (Fsp3) is 0.625. The summed E-state index contributed by atoms with van der Waals surface area (Å²) >= 11 is 0. The van der Waals surface area contributed by atoms with E-state index in [2.05, 4.69) is 24.6 Å². The molecule has 0 aromatic heterocycles. The first kappa shape index (κ1) is 13.3. The average molecular weight is 276 g/mol. The lowest BCUT2D eigenvalue weighted by molar-refractivity contribution is 0.911. The Kier molecular flexibility index (Phi) is 4.04. The Morgan fingerprint density at radius 3 is 2.79 bits per heavy atom. The molecule has 19 heavy (non-hydrogen) atoms. The molecule has 1 heterocycles. The van der Waals surface area contributed by atoms with E-state index < -0.39 is 0 Å². The Bertz CT molecular complexity index is 512. The van der Waals surface area contributed by atoms with Crippen LogP contribution in [0.5, 0.6) is 0 Å². The van der Waals surface area contributed by atoms with Crippen LogP contribution in [0.15, 0.2) is 10.4 Å². The molecule has 1 aliphatic carbocycles. The standard InChI is InChI=1S/C16H24N2S/c1-3-12-11-13-7-5-8-15(13)16(14(12)4-2)18-19-10-6-9-17-19/h11H,3-10H2,1-2H3,(H,17,18). The third kappa shape index (κ3) is 2.50. The van der Waals surface area contributed by atoms with E-state index in [4.69, 9.17) is 4.36 Å². The Morgan fingerprint density at radius 1 is 1.21 bits per heavy atom. The minimum atomic E-state index is 0.0822. The molecule has 0 saturated carbocycles. The average Bonchev–Trinajstić information content (AvgIpc) is 3.08. The van der Waals surface area contributed by atoms with E-state index in [-0.39, 0.29) is 10.9 Å². The molecule has 2 aliphatic rings. The van der Waals surface area contributed by atoms with Gasteiger partial charge in [-0.05, 0) is 71.7 Å². The summed E-state index contributed by atoms with van der Waals surface area (Å²) in [5.41, 5.74) is 7.56. The molecule has 1 fully saturated rings. The molecule has 1 unspecified atom stereocenters. The van der Waals surface area contributed by atoms with Crippen molar-refractivity contribution in [3.05, 3.63) is 28.3 Å². The SMILES string of the molecule is CCc1cc2c(c(N=S3CCCN3)c1CC)CCC2. The van der Waals surface area contributed by atoms with Gasteiger partial charge in [0.15, 0.2) is 0 Å². The third-order valence-corrected chi connectivity index (χ3v) is 5.90. The van der Waals surface area contributed by atoms with Gasteiger partial charge in [-0.2, -0.15) is 0 Å². The fourth-order valence-electron chi connectivity index (χ4n) is 3.31. The van der Waals surface area contributed by atoms with Gasteiger partial charge in [0.05, 0.1) is 5.69 Å². The molecule has 3 heteroatoms. The highest BCUT2D eigenvalue weighted by atomic mass is 32.2. The predicted molar refractivity (Wildman–Crippen MR) is 84.2 cm³/mol. The molecule has 3 rings (SSSR count). The number of hydrogen-bond donors (Lipinski definition) is 1. The highest BCUT2D eigenvalue weighted by molar-refractivity contribution is 7.85. The van der Waals surface area contributed by atoms with E-state index in [9.17, 15) is 0 Å². The van der Waals surface area contributed by atoms with Crippen LogP contribution in [-0.4, -0.2) is 12.3 Å². The van der Waals surface area contributed by atoms with E-state index >= 15 is 0 Å². The predicted octanol–water partition coefficient (Wildman–Crippen LogP) is 3.64. The van der Waals surface area contributed by atoms with Crippen LogP contribution >= 0.6 is 0 Å². The van der Waals surface area contributed by atoms with Crippen LogP contribution in [0.2, 0.25) is 0 Å². The number of hydrogen-bond acceptors (Lipinski definition) is 1. The third-order valence-electron chi connectivity index (χ3n) is 4.29. The second-order valence-electron chi connectivity index (χ2n) is 5.47. The van der Waals surface area contributed by atoms with Gasteiger partial charge in [-0.1, -0.05) is 19.9 Å². The van der Waals surface area contributed by atoms with E-state index in [1.807, 2.05) is 0 Å². The molecule has 1 aromatic carbocycles. The molecule has 0 amide bonds. The van der Waals surface area contributed by atoms with Crippen molar-refractivity contribution in [3.8, 4) is 0 Å². The molecule has 2 nitrogen and oxygen atoms in total. The molecule has 104 valence electrons. The Morgan fingerprint density at radius 2 is 2.11 bits per heavy atom. The lowest BCUT2D eigenvalue weighted by Crippen LogP contribution is -2.08. The topological polar surface area (TPSA) is 24.4 Å². The summed E-state index contributed by atoms with van der Waals surface area (Å²) in [6.45, 7) is 5.69. The Balaban J connectivity index is 2.14. The first-order chi connectivity index (χ1) is 9.33. The van der Waals surface area contributed by atoms with E-state index in [1.165, 1.54) is 48.3 Å². The first-order valence-corrected chi connectivity index (χ1v) is 9.01. The quantitative estimate of drug-likeness (QED) is 0.895. The number of nitrogens with one attached hydrogen (secondary N) is 1. The van der Waals surface area contributed by atoms with Gasteiger partial charge in [0, 0.05) is 12.3 Å². The number of aryl methyl sites for hydroxylation is 2. The van der Waals surface area contributed by atoms with Crippen molar-refractivity contribution in [2.24, 2.45) is 4.36 Å². The van der Waals surface area contributed by atoms with Gasteiger partial charge < -0.3 is 0 Å². The van der Waals surface area contributed by atoms with Crippen molar-refractivity contribution in [1.82, 2.24) is 4.72 Å². The summed E-state index contributed by atoms with van der Waals surface area (Å²) in [5, 5.41) is 0. The van der Waals surface area contributed by atoms with Gasteiger partial charge >= 0.3 is 0 Å². The van der Waals surface area contributed by atoms with Gasteiger partial charge in [0.25, 0.3) is 0 Å². The Labute approximate surface area is 119 Å². The zero-order valence-corrected chi connectivity index (χ0v) is 12.9. The summed E-state index contributed by atoms with van der Waals surface area (Å²) in [6, 6.07) is 2.46. The van der Waals surface area contributed by atoms with E-state index in [1.54, 1.807) is 11.1 Å². The van der Waals surface area contributed by atoms with Gasteiger partial charge in [-0.3, -0.25) is 4.72 Å². The monoisotopic (exact) mass is 276 g/mol. The van der Waals surface area contributed by atoms with Crippen molar-refractivity contribution in [1.29, 1.82) is 0 Å². The number of rotatable bonds is 3. The summed E-state index contributed by atoms with van der Waals surface area (Å²) in [6.07, 6.45) is 7.35. The van der Waals surface area contributed by atoms with Crippen LogP contribution < -0.4 is 4.72 Å². The molecular formula is C16H24N2S. The van der Waals surface area contributed by atoms with Crippen LogP contribution in [0.3, 0.4) is 0 Å². The maximum Gasteiger partial charge on any atom is 0.0786 e. The lowest BCUT2D eigenvalue weighted by Gasteiger charge is -2.15. The van der Waals surface area contributed by atoms with Crippen molar-refractivity contribution in [2.75, 3.05) is 12.3 Å². The lowest BCUT2D eigenvalue weighted by atomic mass is 9.94. The molecular weight excluding hydrogens is 252 g/mol. The number of fused-ring (bicyclic) bond motifs is 1. The van der Waals surface area contributed by atoms with E-state index in [0.29, 0.717) is 0 Å². The van der Waals surface area contributed by atoms with Crippen molar-refractivity contribution in [3.63, 3.8) is 0 Å². The second kappa shape index (κ2) is 5.76. The van der Waals surface area contributed by atoms with Crippen molar-refractivity contribution >= 4 is 16.6 Å². The summed E-state index contributed by atoms with van der Waals surface area (Å²) in [7, 11) is 0.0822. The molecule has 1 atom stereocenters. The maximum atomic E-state index is 5.13. The van der Waals surface area contributed by atoms with Crippen LogP contribution in [0.25, 0.3) is 0 Å². The Hall–Kier alpha value is -0.670. The molecule has 0 radical (unpaired) electrons. The van der Waals surface area contributed by atoms with Crippen molar-refractivity contribution in [2.45, 2.75) is 52.4 Å². The fourth-order valence-corrected chi connectivity index (χ4v) is 4.85. The van der Waals surface area contributed by atoms with Gasteiger partial charge in [-0.15, -0.1) is 0 Å². The molecule has 0 spiro atoms. The minimum absolute atomic E-state index is 0.0822. The van der Waals surface area contributed by atoms with Gasteiger partial charge in [-0.25, -0.2) is 4.36 Å². The molecule has 0 bridgehead atoms. The summed E-state index contributed by atoms with van der Waals surface area (Å²) in [5.74, 6) is 1.23. The molecule has 1 aliphatic heterocycles. The second-order valence-corrected chi connectivity index (χ2v) is 7.08. The first-order valence-electron chi connectivity index (χ1n) is 7.66. The largest absolute Gasteiger partial charge is 0.255 e. The van der Waals surface area contributed by atoms with E-state index in [0.717, 1.165) is 19.4 Å². The maximum absolute atomic E-state index is 5.13. The zero-order chi connectivity index (χ0) is 13.2. The molecule has 1 aromatic rings. The smallest absolute Gasteiger partial charge is 0.0786 e. The highest BCUT2D eigenvalue weighted by Gasteiger charge is 2.20. The molecule has 1 saturated heterocycles. The van der Waals surface area contributed by atoms with Crippen LogP contribution in [-0.2, 0) is 36.6 Å². The van der Waals surface area contributed by atoms with Crippen molar-refractivity contribution < 1.29 is 0 Å². The number of nitrogens with zero attached hydrogens (tertiary/aromatic N) is 1. The normalized spacial score (nSPS) is 22.1. The van der Waals surface area contributed by atoms with Crippen LogP contribution in [0.4, 0.5) is 5.69 Å². The molecule has 1 N–H and O–H groups in total. The van der Waals surface area contributed by atoms with Crippen LogP contribution in [0, 0.1) is 0 Å². The zero-order valence-electron chi connectivity index (χ0n) is 12.1. The summed E-state index contributed by atoms with van der Waals surface area (Å²) < 4.78 is 8.67. The van der Waals surface area contributed by atoms with Gasteiger partial charge in [0.2, 0.25) is 0 Å². The number of benzene rings is 1. The summed E-state index contributed by atoms with van der Waals surface area (Å²) in [4.78, 5) is 0. The highest BCUT2D eigenvalue weighted by Crippen LogP contribution is 2.37. The minimum Gasteiger partial charge on any atom is -0.255 e.